The SMILES string of the molecule is CCc1cc2c(NCc3cccc([N+](=O)[O-])c3)nc(-c3ccno3)nc2s1. The molecule has 3 aromatic heterocycles. The molecule has 0 saturated carbocycles. The van der Waals surface area contributed by atoms with E-state index in [0.29, 0.717) is 23.9 Å². The van der Waals surface area contributed by atoms with Crippen LogP contribution in [0.25, 0.3) is 21.8 Å². The molecule has 4 aromatic rings. The summed E-state index contributed by atoms with van der Waals surface area (Å²) in [6.07, 6.45) is 2.45. The van der Waals surface area contributed by atoms with Crippen molar-refractivity contribution < 1.29 is 9.45 Å². The summed E-state index contributed by atoms with van der Waals surface area (Å²) < 4.78 is 5.19. The van der Waals surface area contributed by atoms with E-state index in [1.54, 1.807) is 35.7 Å². The molecule has 0 spiro atoms. The van der Waals surface area contributed by atoms with E-state index in [1.165, 1.54) is 10.9 Å². The zero-order chi connectivity index (χ0) is 18.8. The molecular weight excluding hydrogens is 366 g/mol. The van der Waals surface area contributed by atoms with Crippen molar-refractivity contribution in [2.75, 3.05) is 5.32 Å². The van der Waals surface area contributed by atoms with Crippen LogP contribution in [0.4, 0.5) is 11.5 Å². The largest absolute Gasteiger partial charge is 0.365 e. The summed E-state index contributed by atoms with van der Waals surface area (Å²) in [5, 5.41) is 18.9. The van der Waals surface area contributed by atoms with Crippen LogP contribution in [0.15, 0.2) is 47.1 Å². The minimum atomic E-state index is -0.402. The Labute approximate surface area is 158 Å². The number of aryl methyl sites for hydroxylation is 1. The van der Waals surface area contributed by atoms with Crippen LogP contribution in [0.2, 0.25) is 0 Å². The Balaban J connectivity index is 1.70. The lowest BCUT2D eigenvalue weighted by Crippen LogP contribution is -2.04. The van der Waals surface area contributed by atoms with Gasteiger partial charge in [0.1, 0.15) is 10.6 Å². The van der Waals surface area contributed by atoms with Crippen molar-refractivity contribution in [3.05, 3.63) is 63.1 Å². The molecule has 0 aliphatic heterocycles. The quantitative estimate of drug-likeness (QED) is 0.389. The van der Waals surface area contributed by atoms with Gasteiger partial charge in [-0.15, -0.1) is 11.3 Å². The van der Waals surface area contributed by atoms with Crippen LogP contribution in [0.1, 0.15) is 17.4 Å². The number of rotatable bonds is 6. The van der Waals surface area contributed by atoms with Gasteiger partial charge >= 0.3 is 0 Å². The zero-order valence-electron chi connectivity index (χ0n) is 14.4. The minimum Gasteiger partial charge on any atom is -0.365 e. The third-order valence-corrected chi connectivity index (χ3v) is 5.21. The predicted molar refractivity (Wildman–Crippen MR) is 103 cm³/mol. The van der Waals surface area contributed by atoms with E-state index in [9.17, 15) is 10.1 Å². The van der Waals surface area contributed by atoms with Gasteiger partial charge in [-0.1, -0.05) is 24.2 Å². The number of fused-ring (bicyclic) bond motifs is 1. The lowest BCUT2D eigenvalue weighted by Gasteiger charge is -2.08. The minimum absolute atomic E-state index is 0.0632. The molecule has 0 amide bonds. The highest BCUT2D eigenvalue weighted by molar-refractivity contribution is 7.18. The first kappa shape index (κ1) is 17.1. The van der Waals surface area contributed by atoms with E-state index in [-0.39, 0.29) is 5.69 Å². The molecule has 8 nitrogen and oxygen atoms in total. The van der Waals surface area contributed by atoms with Gasteiger partial charge in [-0.3, -0.25) is 10.1 Å². The molecule has 0 radical (unpaired) electrons. The van der Waals surface area contributed by atoms with Crippen molar-refractivity contribution in [2.45, 2.75) is 19.9 Å². The molecule has 0 bridgehead atoms. The van der Waals surface area contributed by atoms with Gasteiger partial charge < -0.3 is 9.84 Å². The number of nitrogens with one attached hydrogen (secondary N) is 1. The molecule has 0 fully saturated rings. The van der Waals surface area contributed by atoms with E-state index >= 15 is 0 Å². The number of anilines is 1. The van der Waals surface area contributed by atoms with Gasteiger partial charge in [-0.25, -0.2) is 9.97 Å². The highest BCUT2D eigenvalue weighted by Gasteiger charge is 2.15. The molecule has 4 rings (SSSR count). The maximum Gasteiger partial charge on any atom is 0.269 e. The highest BCUT2D eigenvalue weighted by Crippen LogP contribution is 2.32. The Kier molecular flexibility index (Phi) is 4.51. The van der Waals surface area contributed by atoms with E-state index in [2.05, 4.69) is 33.4 Å². The summed E-state index contributed by atoms with van der Waals surface area (Å²) in [6.45, 7) is 2.49. The van der Waals surface area contributed by atoms with Gasteiger partial charge in [0, 0.05) is 29.6 Å². The first-order chi connectivity index (χ1) is 13.1. The number of nitrogens with zero attached hydrogens (tertiary/aromatic N) is 4. The first-order valence-electron chi connectivity index (χ1n) is 8.32. The molecule has 27 heavy (non-hydrogen) atoms. The number of hydrogen-bond donors (Lipinski definition) is 1. The maximum atomic E-state index is 11.0. The number of non-ortho nitro benzene ring substituents is 1. The molecule has 3 heterocycles. The second kappa shape index (κ2) is 7.12. The van der Waals surface area contributed by atoms with Gasteiger partial charge in [0.2, 0.25) is 11.6 Å². The molecule has 1 N–H and O–H groups in total. The van der Waals surface area contributed by atoms with Crippen molar-refractivity contribution in [3.63, 3.8) is 0 Å². The van der Waals surface area contributed by atoms with Gasteiger partial charge in [0.05, 0.1) is 16.5 Å². The fourth-order valence-electron chi connectivity index (χ4n) is 2.69. The topological polar surface area (TPSA) is 107 Å². The van der Waals surface area contributed by atoms with Crippen LogP contribution in [0.3, 0.4) is 0 Å². The highest BCUT2D eigenvalue weighted by atomic mass is 32.1. The van der Waals surface area contributed by atoms with Crippen molar-refractivity contribution in [3.8, 4) is 11.6 Å². The zero-order valence-corrected chi connectivity index (χ0v) is 15.2. The van der Waals surface area contributed by atoms with Gasteiger partial charge in [-0.2, -0.15) is 0 Å². The van der Waals surface area contributed by atoms with Crippen LogP contribution in [-0.4, -0.2) is 20.0 Å². The lowest BCUT2D eigenvalue weighted by molar-refractivity contribution is -0.384. The molecule has 0 aliphatic rings. The second-order valence-electron chi connectivity index (χ2n) is 5.84. The lowest BCUT2D eigenvalue weighted by atomic mass is 10.2. The molecular formula is C18H15N5O3S. The van der Waals surface area contributed by atoms with E-state index in [1.807, 2.05) is 6.07 Å². The third kappa shape index (κ3) is 3.49. The van der Waals surface area contributed by atoms with Crippen LogP contribution < -0.4 is 5.32 Å². The van der Waals surface area contributed by atoms with Gasteiger partial charge in [0.25, 0.3) is 5.69 Å². The van der Waals surface area contributed by atoms with Crippen LogP contribution in [0.5, 0.6) is 0 Å². The molecule has 0 aliphatic carbocycles. The summed E-state index contributed by atoms with van der Waals surface area (Å²) in [4.78, 5) is 21.8. The molecule has 9 heteroatoms. The second-order valence-corrected chi connectivity index (χ2v) is 6.95. The van der Waals surface area contributed by atoms with E-state index in [4.69, 9.17) is 4.52 Å². The van der Waals surface area contributed by atoms with Crippen LogP contribution in [-0.2, 0) is 13.0 Å². The average molecular weight is 381 g/mol. The smallest absolute Gasteiger partial charge is 0.269 e. The van der Waals surface area contributed by atoms with Crippen molar-refractivity contribution in [2.24, 2.45) is 0 Å². The third-order valence-electron chi connectivity index (χ3n) is 4.03. The summed E-state index contributed by atoms with van der Waals surface area (Å²) in [5.74, 6) is 1.60. The van der Waals surface area contributed by atoms with Crippen molar-refractivity contribution in [1.82, 2.24) is 15.1 Å². The molecule has 0 atom stereocenters. The van der Waals surface area contributed by atoms with Crippen LogP contribution in [0, 0.1) is 10.1 Å². The fourth-order valence-corrected chi connectivity index (χ4v) is 3.65. The number of thiophene rings is 1. The van der Waals surface area contributed by atoms with Gasteiger partial charge in [0.15, 0.2) is 0 Å². The van der Waals surface area contributed by atoms with Gasteiger partial charge in [-0.05, 0) is 18.1 Å². The molecule has 0 unspecified atom stereocenters. The standard InChI is InChI=1S/C18H15N5O3S/c1-2-13-9-14-16(19-10-11-4-3-5-12(8-11)23(24)25)21-17(22-18(14)27-13)15-6-7-20-26-15/h3-9H,2,10H2,1H3,(H,19,21,22). The average Bonchev–Trinajstić information content (AvgIpc) is 3.35. The fraction of sp³-hybridized carbons (Fsp3) is 0.167. The number of benzene rings is 1. The number of hydrogen-bond acceptors (Lipinski definition) is 8. The Bertz CT molecular complexity index is 1110. The van der Waals surface area contributed by atoms with E-state index in [0.717, 1.165) is 22.2 Å². The predicted octanol–water partition coefficient (Wildman–Crippen LogP) is 4.43. The monoisotopic (exact) mass is 381 g/mol. The van der Waals surface area contributed by atoms with Crippen LogP contribution >= 0.6 is 11.3 Å². The van der Waals surface area contributed by atoms with Crippen molar-refractivity contribution >= 4 is 33.1 Å². The Morgan fingerprint density at radius 1 is 1.26 bits per heavy atom. The Morgan fingerprint density at radius 3 is 2.89 bits per heavy atom. The summed E-state index contributed by atoms with van der Waals surface area (Å²) in [7, 11) is 0. The summed E-state index contributed by atoms with van der Waals surface area (Å²) >= 11 is 1.61. The first-order valence-corrected chi connectivity index (χ1v) is 9.14. The molecule has 136 valence electrons. The molecule has 1 aromatic carbocycles. The number of nitro groups is 1. The van der Waals surface area contributed by atoms with Crippen molar-refractivity contribution in [1.29, 1.82) is 0 Å². The number of aromatic nitrogens is 3. The van der Waals surface area contributed by atoms with E-state index < -0.39 is 4.92 Å². The summed E-state index contributed by atoms with van der Waals surface area (Å²) in [6, 6.07) is 10.3. The maximum absolute atomic E-state index is 11.0. The molecule has 0 saturated heterocycles. The normalized spacial score (nSPS) is 11.0. The Morgan fingerprint density at radius 2 is 2.15 bits per heavy atom. The number of nitro benzene ring substituents is 1. The summed E-state index contributed by atoms with van der Waals surface area (Å²) in [5.41, 5.74) is 0.858. The Hall–Kier alpha value is -3.33.